The molecule has 80 valence electrons. The molecule has 0 saturated carbocycles. The van der Waals surface area contributed by atoms with Gasteiger partial charge in [-0.05, 0) is 6.42 Å². The first kappa shape index (κ1) is 13.3. The maximum absolute atomic E-state index is 9.25. The quantitative estimate of drug-likeness (QED) is 0.374. The molecule has 0 aromatic carbocycles. The van der Waals surface area contributed by atoms with Crippen molar-refractivity contribution < 1.29 is 5.11 Å². The van der Waals surface area contributed by atoms with Gasteiger partial charge in [0.15, 0.2) is 0 Å². The van der Waals surface area contributed by atoms with Crippen molar-refractivity contribution in [2.45, 2.75) is 58.0 Å². The fourth-order valence-corrected chi connectivity index (χ4v) is 1.22. The van der Waals surface area contributed by atoms with Crippen LogP contribution in [0.15, 0.2) is 12.7 Å². The van der Waals surface area contributed by atoms with Gasteiger partial charge in [-0.25, -0.2) is 0 Å². The van der Waals surface area contributed by atoms with Crippen LogP contribution in [-0.2, 0) is 0 Å². The second-order valence-electron chi connectivity index (χ2n) is 3.53. The van der Waals surface area contributed by atoms with Gasteiger partial charge in [0.25, 0.3) is 0 Å². The van der Waals surface area contributed by atoms with Crippen molar-refractivity contribution >= 4 is 0 Å². The number of aliphatic hydroxyl groups excluding tert-OH is 1. The van der Waals surface area contributed by atoms with E-state index in [1.807, 2.05) is 0 Å². The van der Waals surface area contributed by atoms with Gasteiger partial charge in [0.05, 0.1) is 0 Å². The molecule has 0 aliphatic heterocycles. The Labute approximate surface area is 88.2 Å². The van der Waals surface area contributed by atoms with Crippen LogP contribution in [0.1, 0.15) is 51.9 Å². The zero-order valence-electron chi connectivity index (χ0n) is 9.26. The average Bonchev–Trinajstić information content (AvgIpc) is 2.17. The minimum Gasteiger partial charge on any atom is -0.380 e. The third-order valence-corrected chi connectivity index (χ3v) is 2.06. The zero-order chi connectivity index (χ0) is 10.6. The molecule has 14 heavy (non-hydrogen) atoms. The van der Waals surface area contributed by atoms with Crippen LogP contribution in [-0.4, -0.2) is 11.2 Å². The monoisotopic (exact) mass is 194 g/mol. The summed E-state index contributed by atoms with van der Waals surface area (Å²) in [5.74, 6) is 5.81. The van der Waals surface area contributed by atoms with Crippen LogP contribution in [0.3, 0.4) is 0 Å². The van der Waals surface area contributed by atoms with Crippen LogP contribution >= 0.6 is 0 Å². The Hall–Kier alpha value is -0.740. The Morgan fingerprint density at radius 1 is 1.29 bits per heavy atom. The average molecular weight is 194 g/mol. The Bertz CT molecular complexity index is 185. The van der Waals surface area contributed by atoms with E-state index in [2.05, 4.69) is 25.3 Å². The standard InChI is InChI=1S/C13H22O/c1-3-5-6-7-8-9-10-12-13(14)11-4-2/h4,13-14H,2-3,5-9,11H2,1H3/t13-/m0/s1. The maximum atomic E-state index is 9.25. The van der Waals surface area contributed by atoms with E-state index in [9.17, 15) is 5.11 Å². The van der Waals surface area contributed by atoms with E-state index < -0.39 is 6.10 Å². The lowest BCUT2D eigenvalue weighted by Gasteiger charge is -1.96. The predicted molar refractivity (Wildman–Crippen MR) is 62.0 cm³/mol. The normalized spacial score (nSPS) is 11.6. The summed E-state index contributed by atoms with van der Waals surface area (Å²) >= 11 is 0. The Morgan fingerprint density at radius 2 is 2.00 bits per heavy atom. The van der Waals surface area contributed by atoms with Crippen LogP contribution in [0.25, 0.3) is 0 Å². The first-order chi connectivity index (χ1) is 6.81. The molecule has 0 aliphatic rings. The van der Waals surface area contributed by atoms with Crippen LogP contribution in [0, 0.1) is 11.8 Å². The van der Waals surface area contributed by atoms with Gasteiger partial charge in [-0.2, -0.15) is 0 Å². The van der Waals surface area contributed by atoms with Gasteiger partial charge in [-0.1, -0.05) is 44.6 Å². The molecule has 0 rings (SSSR count). The lowest BCUT2D eigenvalue weighted by atomic mass is 10.1. The molecule has 0 unspecified atom stereocenters. The fraction of sp³-hybridized carbons (Fsp3) is 0.692. The molecule has 0 aromatic rings. The van der Waals surface area contributed by atoms with Crippen molar-refractivity contribution in [3.63, 3.8) is 0 Å². The lowest BCUT2D eigenvalue weighted by Crippen LogP contribution is -1.99. The summed E-state index contributed by atoms with van der Waals surface area (Å²) in [4.78, 5) is 0. The number of aliphatic hydroxyl groups is 1. The number of hydrogen-bond donors (Lipinski definition) is 1. The molecule has 1 heteroatoms. The molecule has 0 bridgehead atoms. The second kappa shape index (κ2) is 10.3. The van der Waals surface area contributed by atoms with E-state index in [-0.39, 0.29) is 0 Å². The minimum absolute atomic E-state index is 0.511. The highest BCUT2D eigenvalue weighted by atomic mass is 16.3. The molecule has 0 amide bonds. The first-order valence-corrected chi connectivity index (χ1v) is 5.58. The Kier molecular flexibility index (Phi) is 9.79. The summed E-state index contributed by atoms with van der Waals surface area (Å²) in [6.07, 6.45) is 9.02. The molecule has 0 spiro atoms. The summed E-state index contributed by atoms with van der Waals surface area (Å²) in [7, 11) is 0. The second-order valence-corrected chi connectivity index (χ2v) is 3.53. The Balaban J connectivity index is 3.28. The summed E-state index contributed by atoms with van der Waals surface area (Å²) in [6.45, 7) is 5.76. The largest absolute Gasteiger partial charge is 0.380 e. The third-order valence-electron chi connectivity index (χ3n) is 2.06. The summed E-state index contributed by atoms with van der Waals surface area (Å²) in [6, 6.07) is 0. The summed E-state index contributed by atoms with van der Waals surface area (Å²) in [5.41, 5.74) is 0. The van der Waals surface area contributed by atoms with E-state index in [1.165, 1.54) is 25.7 Å². The van der Waals surface area contributed by atoms with Crippen LogP contribution in [0.2, 0.25) is 0 Å². The van der Waals surface area contributed by atoms with Gasteiger partial charge < -0.3 is 5.11 Å². The minimum atomic E-state index is -0.511. The molecule has 0 aromatic heterocycles. The van der Waals surface area contributed by atoms with Gasteiger partial charge in [0.2, 0.25) is 0 Å². The van der Waals surface area contributed by atoms with E-state index >= 15 is 0 Å². The van der Waals surface area contributed by atoms with Crippen molar-refractivity contribution in [3.8, 4) is 11.8 Å². The molecular formula is C13H22O. The predicted octanol–water partition coefficient (Wildman–Crippen LogP) is 3.29. The van der Waals surface area contributed by atoms with E-state index in [1.54, 1.807) is 6.08 Å². The van der Waals surface area contributed by atoms with Crippen LogP contribution < -0.4 is 0 Å². The third kappa shape index (κ3) is 9.35. The lowest BCUT2D eigenvalue weighted by molar-refractivity contribution is 0.236. The first-order valence-electron chi connectivity index (χ1n) is 5.58. The SMILES string of the molecule is C=CC[C@H](O)C#CCCCCCCC. The maximum Gasteiger partial charge on any atom is 0.118 e. The van der Waals surface area contributed by atoms with Gasteiger partial charge >= 0.3 is 0 Å². The van der Waals surface area contributed by atoms with E-state index in [0.717, 1.165) is 12.8 Å². The number of rotatable bonds is 7. The van der Waals surface area contributed by atoms with Crippen molar-refractivity contribution in [3.05, 3.63) is 12.7 Å². The number of unbranched alkanes of at least 4 members (excludes halogenated alkanes) is 5. The molecule has 0 heterocycles. The molecule has 0 aliphatic carbocycles. The highest BCUT2D eigenvalue weighted by Gasteiger charge is 1.92. The van der Waals surface area contributed by atoms with E-state index in [0.29, 0.717) is 6.42 Å². The van der Waals surface area contributed by atoms with Crippen molar-refractivity contribution in [1.82, 2.24) is 0 Å². The number of hydrogen-bond acceptors (Lipinski definition) is 1. The molecule has 1 nitrogen and oxygen atoms in total. The van der Waals surface area contributed by atoms with Crippen LogP contribution in [0.5, 0.6) is 0 Å². The van der Waals surface area contributed by atoms with E-state index in [4.69, 9.17) is 0 Å². The molecule has 1 atom stereocenters. The van der Waals surface area contributed by atoms with Crippen LogP contribution in [0.4, 0.5) is 0 Å². The highest BCUT2D eigenvalue weighted by molar-refractivity contribution is 5.05. The van der Waals surface area contributed by atoms with Gasteiger partial charge in [0.1, 0.15) is 6.10 Å². The molecule has 0 radical (unpaired) electrons. The highest BCUT2D eigenvalue weighted by Crippen LogP contribution is 2.04. The summed E-state index contributed by atoms with van der Waals surface area (Å²) < 4.78 is 0. The van der Waals surface area contributed by atoms with Gasteiger partial charge in [-0.3, -0.25) is 0 Å². The fourth-order valence-electron chi connectivity index (χ4n) is 1.22. The van der Waals surface area contributed by atoms with Crippen molar-refractivity contribution in [1.29, 1.82) is 0 Å². The topological polar surface area (TPSA) is 20.2 Å². The van der Waals surface area contributed by atoms with Gasteiger partial charge in [-0.15, -0.1) is 12.5 Å². The molecule has 0 saturated heterocycles. The Morgan fingerprint density at radius 3 is 2.64 bits per heavy atom. The zero-order valence-corrected chi connectivity index (χ0v) is 9.26. The van der Waals surface area contributed by atoms with Gasteiger partial charge in [0, 0.05) is 12.8 Å². The molecule has 0 fully saturated rings. The van der Waals surface area contributed by atoms with Crippen molar-refractivity contribution in [2.24, 2.45) is 0 Å². The van der Waals surface area contributed by atoms with Crippen molar-refractivity contribution in [2.75, 3.05) is 0 Å². The smallest absolute Gasteiger partial charge is 0.118 e. The molecule has 1 N–H and O–H groups in total. The molecular weight excluding hydrogens is 172 g/mol. The summed E-state index contributed by atoms with van der Waals surface area (Å²) in [5, 5.41) is 9.25.